The Morgan fingerprint density at radius 1 is 1.04 bits per heavy atom. The Labute approximate surface area is 137 Å². The number of hydrogen-bond donors (Lipinski definition) is 1. The number of carbonyl (C=O) groups is 1. The van der Waals surface area contributed by atoms with Crippen molar-refractivity contribution in [3.05, 3.63) is 59.9 Å². The Balaban J connectivity index is 2.06. The predicted molar refractivity (Wildman–Crippen MR) is 91.9 cm³/mol. The van der Waals surface area contributed by atoms with E-state index in [9.17, 15) is 9.18 Å². The van der Waals surface area contributed by atoms with Gasteiger partial charge in [-0.1, -0.05) is 31.2 Å². The van der Waals surface area contributed by atoms with E-state index in [0.717, 1.165) is 24.1 Å². The topological polar surface area (TPSA) is 32.3 Å². The van der Waals surface area contributed by atoms with E-state index in [1.54, 1.807) is 24.3 Å². The summed E-state index contributed by atoms with van der Waals surface area (Å²) in [7, 11) is 3.98. The fourth-order valence-electron chi connectivity index (χ4n) is 2.44. The third-order valence-corrected chi connectivity index (χ3v) is 3.74. The molecule has 2 aromatic rings. The second-order valence-corrected chi connectivity index (χ2v) is 5.93. The van der Waals surface area contributed by atoms with Crippen molar-refractivity contribution in [1.82, 2.24) is 10.2 Å². The summed E-state index contributed by atoms with van der Waals surface area (Å²) in [6.45, 7) is 2.88. The van der Waals surface area contributed by atoms with Gasteiger partial charge in [-0.15, -0.1) is 0 Å². The monoisotopic (exact) mass is 314 g/mol. The minimum Gasteiger partial charge on any atom is -0.348 e. The summed E-state index contributed by atoms with van der Waals surface area (Å²) >= 11 is 0. The Hall–Kier alpha value is -2.20. The molecule has 4 heteroatoms. The molecule has 0 saturated heterocycles. The SMILES string of the molecule is CC[C@H](CN(C)C)NC(=O)c1ccc(-c2ccc(F)cc2)cc1. The highest BCUT2D eigenvalue weighted by Gasteiger charge is 2.13. The first kappa shape index (κ1) is 17.2. The molecular formula is C19H23FN2O. The van der Waals surface area contributed by atoms with Crippen molar-refractivity contribution in [1.29, 1.82) is 0 Å². The molecule has 0 aliphatic rings. The minimum absolute atomic E-state index is 0.0654. The van der Waals surface area contributed by atoms with E-state index in [-0.39, 0.29) is 17.8 Å². The molecule has 0 fully saturated rings. The van der Waals surface area contributed by atoms with Crippen LogP contribution >= 0.6 is 0 Å². The minimum atomic E-state index is -0.253. The molecule has 1 N–H and O–H groups in total. The summed E-state index contributed by atoms with van der Waals surface area (Å²) < 4.78 is 13.0. The van der Waals surface area contributed by atoms with Crippen LogP contribution in [0.25, 0.3) is 11.1 Å². The molecule has 0 aliphatic heterocycles. The Bertz CT molecular complexity index is 635. The standard InChI is InChI=1S/C19H23FN2O/c1-4-18(13-22(2)3)21-19(23)16-7-5-14(6-8-16)15-9-11-17(20)12-10-15/h5-12,18H,4,13H2,1-3H3,(H,21,23)/t18-/m1/s1. The molecule has 23 heavy (non-hydrogen) atoms. The average molecular weight is 314 g/mol. The molecule has 2 rings (SSSR count). The zero-order valence-electron chi connectivity index (χ0n) is 13.8. The Kier molecular flexibility index (Phi) is 5.88. The van der Waals surface area contributed by atoms with Crippen LogP contribution in [-0.2, 0) is 0 Å². The van der Waals surface area contributed by atoms with Crippen molar-refractivity contribution in [2.24, 2.45) is 0 Å². The summed E-state index contributed by atoms with van der Waals surface area (Å²) in [5.74, 6) is -0.319. The van der Waals surface area contributed by atoms with Gasteiger partial charge < -0.3 is 10.2 Å². The number of nitrogens with one attached hydrogen (secondary N) is 1. The summed E-state index contributed by atoms with van der Waals surface area (Å²) in [5, 5.41) is 3.05. The van der Waals surface area contributed by atoms with Gasteiger partial charge in [-0.25, -0.2) is 4.39 Å². The average Bonchev–Trinajstić information content (AvgIpc) is 2.54. The van der Waals surface area contributed by atoms with E-state index >= 15 is 0 Å². The fraction of sp³-hybridized carbons (Fsp3) is 0.316. The van der Waals surface area contributed by atoms with Gasteiger partial charge in [0.25, 0.3) is 5.91 Å². The van der Waals surface area contributed by atoms with E-state index in [1.165, 1.54) is 12.1 Å². The molecule has 0 spiro atoms. The first-order valence-electron chi connectivity index (χ1n) is 7.81. The van der Waals surface area contributed by atoms with Crippen molar-refractivity contribution < 1.29 is 9.18 Å². The molecule has 0 saturated carbocycles. The number of carbonyl (C=O) groups excluding carboxylic acids is 1. The second kappa shape index (κ2) is 7.88. The van der Waals surface area contributed by atoms with E-state index < -0.39 is 0 Å². The van der Waals surface area contributed by atoms with Gasteiger partial charge in [0.1, 0.15) is 5.82 Å². The lowest BCUT2D eigenvalue weighted by atomic mass is 10.0. The van der Waals surface area contributed by atoms with Crippen molar-refractivity contribution in [2.45, 2.75) is 19.4 Å². The summed E-state index contributed by atoms with van der Waals surface area (Å²) in [6.07, 6.45) is 0.886. The van der Waals surface area contributed by atoms with Crippen LogP contribution in [-0.4, -0.2) is 37.5 Å². The van der Waals surface area contributed by atoms with Gasteiger partial charge in [-0.2, -0.15) is 0 Å². The van der Waals surface area contributed by atoms with Gasteiger partial charge in [0.05, 0.1) is 0 Å². The maximum atomic E-state index is 13.0. The van der Waals surface area contributed by atoms with Crippen LogP contribution in [0.3, 0.4) is 0 Å². The van der Waals surface area contributed by atoms with E-state index in [1.807, 2.05) is 26.2 Å². The zero-order valence-corrected chi connectivity index (χ0v) is 13.8. The normalized spacial score (nSPS) is 12.2. The molecule has 0 radical (unpaired) electrons. The van der Waals surface area contributed by atoms with Gasteiger partial charge in [0.15, 0.2) is 0 Å². The van der Waals surface area contributed by atoms with Crippen molar-refractivity contribution in [2.75, 3.05) is 20.6 Å². The number of amides is 1. The number of benzene rings is 2. The van der Waals surface area contributed by atoms with Crippen molar-refractivity contribution in [3.63, 3.8) is 0 Å². The molecule has 0 bridgehead atoms. The van der Waals surface area contributed by atoms with Crippen LogP contribution in [0.5, 0.6) is 0 Å². The van der Waals surface area contributed by atoms with Crippen LogP contribution in [0.4, 0.5) is 4.39 Å². The number of likely N-dealkylation sites (N-methyl/N-ethyl adjacent to an activating group) is 1. The molecular weight excluding hydrogens is 291 g/mol. The van der Waals surface area contributed by atoms with Crippen molar-refractivity contribution in [3.8, 4) is 11.1 Å². The van der Waals surface area contributed by atoms with Gasteiger partial charge in [-0.3, -0.25) is 4.79 Å². The number of halogens is 1. The summed E-state index contributed by atoms with van der Waals surface area (Å²) in [4.78, 5) is 14.4. The van der Waals surface area contributed by atoms with E-state index in [4.69, 9.17) is 0 Å². The fourth-order valence-corrected chi connectivity index (χ4v) is 2.44. The van der Waals surface area contributed by atoms with Crippen molar-refractivity contribution >= 4 is 5.91 Å². The first-order chi connectivity index (χ1) is 11.0. The molecule has 0 heterocycles. The lowest BCUT2D eigenvalue weighted by Gasteiger charge is -2.21. The molecule has 3 nitrogen and oxygen atoms in total. The Morgan fingerprint density at radius 2 is 1.57 bits per heavy atom. The summed E-state index contributed by atoms with van der Waals surface area (Å²) in [5.41, 5.74) is 2.52. The largest absolute Gasteiger partial charge is 0.348 e. The quantitative estimate of drug-likeness (QED) is 0.884. The lowest BCUT2D eigenvalue weighted by Crippen LogP contribution is -2.41. The number of nitrogens with zero attached hydrogens (tertiary/aromatic N) is 1. The third-order valence-electron chi connectivity index (χ3n) is 3.74. The van der Waals surface area contributed by atoms with Gasteiger partial charge in [0.2, 0.25) is 0 Å². The first-order valence-corrected chi connectivity index (χ1v) is 7.81. The zero-order chi connectivity index (χ0) is 16.8. The highest BCUT2D eigenvalue weighted by Crippen LogP contribution is 2.20. The predicted octanol–water partition coefficient (Wildman–Crippen LogP) is 3.56. The smallest absolute Gasteiger partial charge is 0.251 e. The molecule has 1 amide bonds. The number of rotatable bonds is 6. The van der Waals surface area contributed by atoms with Crippen LogP contribution in [0.2, 0.25) is 0 Å². The van der Waals surface area contributed by atoms with Gasteiger partial charge in [-0.05, 0) is 55.9 Å². The summed E-state index contributed by atoms with van der Waals surface area (Å²) in [6, 6.07) is 13.8. The third kappa shape index (κ3) is 4.89. The van der Waals surface area contributed by atoms with Gasteiger partial charge >= 0.3 is 0 Å². The maximum absolute atomic E-state index is 13.0. The highest BCUT2D eigenvalue weighted by atomic mass is 19.1. The molecule has 2 aromatic carbocycles. The molecule has 0 aromatic heterocycles. The van der Waals surface area contributed by atoms with Crippen LogP contribution in [0, 0.1) is 5.82 Å². The van der Waals surface area contributed by atoms with Crippen LogP contribution < -0.4 is 5.32 Å². The van der Waals surface area contributed by atoms with E-state index in [2.05, 4.69) is 17.1 Å². The molecule has 0 unspecified atom stereocenters. The molecule has 1 atom stereocenters. The second-order valence-electron chi connectivity index (χ2n) is 5.93. The molecule has 0 aliphatic carbocycles. The Morgan fingerprint density at radius 3 is 2.04 bits per heavy atom. The maximum Gasteiger partial charge on any atom is 0.251 e. The van der Waals surface area contributed by atoms with Crippen LogP contribution in [0.15, 0.2) is 48.5 Å². The van der Waals surface area contributed by atoms with Gasteiger partial charge in [0, 0.05) is 18.2 Å². The van der Waals surface area contributed by atoms with Crippen LogP contribution in [0.1, 0.15) is 23.7 Å². The highest BCUT2D eigenvalue weighted by molar-refractivity contribution is 5.94. The number of hydrogen-bond acceptors (Lipinski definition) is 2. The van der Waals surface area contributed by atoms with E-state index in [0.29, 0.717) is 5.56 Å². The lowest BCUT2D eigenvalue weighted by molar-refractivity contribution is 0.0929. The molecule has 122 valence electrons.